The lowest BCUT2D eigenvalue weighted by molar-refractivity contribution is 0.104. The minimum Gasteiger partial charge on any atom is -0.507 e. The third-order valence-electron chi connectivity index (χ3n) is 6.44. The van der Waals surface area contributed by atoms with Crippen molar-refractivity contribution in [2.45, 2.75) is 0 Å². The van der Waals surface area contributed by atoms with Crippen LogP contribution >= 0.6 is 11.5 Å². The monoisotopic (exact) mass is 429 g/mol. The Labute approximate surface area is 187 Å². The summed E-state index contributed by atoms with van der Waals surface area (Å²) >= 11 is 1.44. The summed E-state index contributed by atoms with van der Waals surface area (Å²) in [4.78, 5) is 13.1. The minimum atomic E-state index is 0.0553. The van der Waals surface area contributed by atoms with E-state index in [0.717, 1.165) is 59.6 Å². The minimum absolute atomic E-state index is 0.0553. The topological polar surface area (TPSA) is 50.2 Å². The predicted octanol–water partition coefficient (Wildman–Crippen LogP) is 7.19. The van der Waals surface area contributed by atoms with E-state index in [1.807, 2.05) is 72.8 Å². The number of carbonyl (C=O) groups is 1. The van der Waals surface area contributed by atoms with Crippen LogP contribution in [0, 0.1) is 0 Å². The van der Waals surface area contributed by atoms with Crippen LogP contribution in [0.3, 0.4) is 0 Å². The molecular weight excluding hydrogens is 414 g/mol. The normalized spacial score (nSPS) is 12.6. The lowest BCUT2D eigenvalue weighted by atomic mass is 9.86. The molecule has 0 bridgehead atoms. The number of aromatic nitrogens is 1. The van der Waals surface area contributed by atoms with Gasteiger partial charge in [-0.2, -0.15) is 4.37 Å². The lowest BCUT2D eigenvalue weighted by Crippen LogP contribution is -2.08. The third-order valence-corrected chi connectivity index (χ3v) is 7.32. The van der Waals surface area contributed by atoms with Crippen LogP contribution in [0.5, 0.6) is 5.75 Å². The van der Waals surface area contributed by atoms with E-state index in [2.05, 4.69) is 12.1 Å². The molecule has 1 heterocycles. The molecular formula is C28H15NO2S. The number of nitrogens with zero attached hydrogens (tertiary/aromatic N) is 1. The second-order valence-electron chi connectivity index (χ2n) is 8.15. The average molecular weight is 430 g/mol. The van der Waals surface area contributed by atoms with Crippen molar-refractivity contribution in [2.24, 2.45) is 0 Å². The van der Waals surface area contributed by atoms with Crippen molar-refractivity contribution in [1.82, 2.24) is 4.37 Å². The Kier molecular flexibility index (Phi) is 3.45. The largest absolute Gasteiger partial charge is 0.507 e. The molecule has 0 radical (unpaired) electrons. The first-order valence-corrected chi connectivity index (χ1v) is 11.2. The molecule has 3 nitrogen and oxygen atoms in total. The quantitative estimate of drug-likeness (QED) is 0.281. The Morgan fingerprint density at radius 2 is 1.44 bits per heavy atom. The molecule has 1 N–H and O–H groups in total. The van der Waals surface area contributed by atoms with Gasteiger partial charge in [-0.25, -0.2) is 0 Å². The highest BCUT2D eigenvalue weighted by Crippen LogP contribution is 2.45. The molecule has 1 aliphatic rings. The van der Waals surface area contributed by atoms with Gasteiger partial charge in [-0.15, -0.1) is 0 Å². The Balaban J connectivity index is 1.50. The molecule has 0 saturated carbocycles. The van der Waals surface area contributed by atoms with E-state index < -0.39 is 0 Å². The number of phenolic OH excluding ortho intramolecular Hbond substituents is 1. The van der Waals surface area contributed by atoms with E-state index >= 15 is 0 Å². The summed E-state index contributed by atoms with van der Waals surface area (Å²) in [6, 6.07) is 27.7. The number of aromatic hydroxyl groups is 1. The van der Waals surface area contributed by atoms with E-state index in [0.29, 0.717) is 11.3 Å². The van der Waals surface area contributed by atoms with Crippen molar-refractivity contribution in [3.63, 3.8) is 0 Å². The number of ketones is 1. The Bertz CT molecular complexity index is 1760. The second-order valence-corrected chi connectivity index (χ2v) is 8.93. The van der Waals surface area contributed by atoms with Crippen LogP contribution in [0.2, 0.25) is 0 Å². The third kappa shape index (κ3) is 2.24. The summed E-state index contributed by atoms with van der Waals surface area (Å²) in [5, 5.41) is 15.4. The number of hydrogen-bond donors (Lipinski definition) is 1. The zero-order valence-electron chi connectivity index (χ0n) is 16.8. The smallest absolute Gasteiger partial charge is 0.194 e. The maximum absolute atomic E-state index is 13.1. The van der Waals surface area contributed by atoms with Gasteiger partial charge in [0.15, 0.2) is 5.78 Å². The molecule has 7 rings (SSSR count). The van der Waals surface area contributed by atoms with Gasteiger partial charge in [0.1, 0.15) is 5.75 Å². The number of fused-ring (bicyclic) bond motifs is 4. The van der Waals surface area contributed by atoms with Gasteiger partial charge in [0, 0.05) is 38.4 Å². The first-order chi connectivity index (χ1) is 15.7. The van der Waals surface area contributed by atoms with Crippen molar-refractivity contribution < 1.29 is 9.90 Å². The van der Waals surface area contributed by atoms with Gasteiger partial charge >= 0.3 is 0 Å². The van der Waals surface area contributed by atoms with Gasteiger partial charge in [0.05, 0.1) is 10.4 Å². The molecule has 0 aliphatic heterocycles. The van der Waals surface area contributed by atoms with Crippen molar-refractivity contribution in [3.05, 3.63) is 96.1 Å². The van der Waals surface area contributed by atoms with Crippen LogP contribution in [-0.4, -0.2) is 15.3 Å². The summed E-state index contributed by atoms with van der Waals surface area (Å²) in [5.41, 5.74) is 5.32. The van der Waals surface area contributed by atoms with E-state index in [4.69, 9.17) is 4.37 Å². The highest BCUT2D eigenvalue weighted by molar-refractivity contribution is 7.14. The molecule has 0 atom stereocenters. The molecule has 1 aliphatic carbocycles. The SMILES string of the molecule is O=C1c2ccccc2-c2nsc3c(-c4ccc5c(O)c6ccccc6cc5c4)ccc1c23. The van der Waals surface area contributed by atoms with Crippen molar-refractivity contribution >= 4 is 48.9 Å². The van der Waals surface area contributed by atoms with Gasteiger partial charge in [-0.3, -0.25) is 4.79 Å². The second kappa shape index (κ2) is 6.25. The predicted molar refractivity (Wildman–Crippen MR) is 131 cm³/mol. The van der Waals surface area contributed by atoms with Crippen molar-refractivity contribution in [2.75, 3.05) is 0 Å². The van der Waals surface area contributed by atoms with Gasteiger partial charge < -0.3 is 5.11 Å². The van der Waals surface area contributed by atoms with E-state index in [-0.39, 0.29) is 5.78 Å². The maximum Gasteiger partial charge on any atom is 0.194 e. The first-order valence-electron chi connectivity index (χ1n) is 10.4. The molecule has 4 heteroatoms. The summed E-state index contributed by atoms with van der Waals surface area (Å²) < 4.78 is 5.77. The van der Waals surface area contributed by atoms with E-state index in [9.17, 15) is 9.90 Å². The summed E-state index contributed by atoms with van der Waals surface area (Å²) in [6.07, 6.45) is 0. The van der Waals surface area contributed by atoms with Crippen LogP contribution in [0.25, 0.3) is 54.0 Å². The standard InChI is InChI=1S/C28H15NO2S/c30-26-18-6-2-1-5-15(18)13-17-14-16(9-10-19(17)26)20-11-12-23-24-25(29-32-28(20)24)21-7-3-4-8-22(21)27(23)31/h1-14,30H. The van der Waals surface area contributed by atoms with Gasteiger partial charge in [-0.05, 0) is 46.1 Å². The number of benzene rings is 5. The summed E-state index contributed by atoms with van der Waals surface area (Å²) in [6.45, 7) is 0. The number of carbonyl (C=O) groups excluding carboxylic acids is 1. The first kappa shape index (κ1) is 17.6. The molecule has 6 aromatic rings. The Morgan fingerprint density at radius 1 is 0.688 bits per heavy atom. The van der Waals surface area contributed by atoms with Crippen molar-refractivity contribution in [1.29, 1.82) is 0 Å². The fraction of sp³-hybridized carbons (Fsp3) is 0. The van der Waals surface area contributed by atoms with Crippen LogP contribution in [0.15, 0.2) is 84.9 Å². The summed E-state index contributed by atoms with van der Waals surface area (Å²) in [7, 11) is 0. The van der Waals surface area contributed by atoms with E-state index in [1.165, 1.54) is 11.5 Å². The molecule has 0 unspecified atom stereocenters. The number of hydrogen-bond acceptors (Lipinski definition) is 4. The number of rotatable bonds is 1. The maximum atomic E-state index is 13.1. The van der Waals surface area contributed by atoms with Crippen LogP contribution in [0.1, 0.15) is 15.9 Å². The highest BCUT2D eigenvalue weighted by Gasteiger charge is 2.28. The van der Waals surface area contributed by atoms with E-state index in [1.54, 1.807) is 0 Å². The Morgan fingerprint density at radius 3 is 2.34 bits per heavy atom. The lowest BCUT2D eigenvalue weighted by Gasteiger charge is -2.16. The van der Waals surface area contributed by atoms with Crippen LogP contribution in [0.4, 0.5) is 0 Å². The summed E-state index contributed by atoms with van der Waals surface area (Å²) in [5.74, 6) is 0.363. The van der Waals surface area contributed by atoms with Gasteiger partial charge in [0.2, 0.25) is 0 Å². The molecule has 150 valence electrons. The molecule has 1 aromatic heterocycles. The zero-order chi connectivity index (χ0) is 21.4. The molecule has 0 spiro atoms. The average Bonchev–Trinajstić information content (AvgIpc) is 3.28. The fourth-order valence-electron chi connectivity index (χ4n) is 4.90. The van der Waals surface area contributed by atoms with Crippen molar-refractivity contribution in [3.8, 4) is 28.1 Å². The fourth-order valence-corrected chi connectivity index (χ4v) is 5.85. The zero-order valence-corrected chi connectivity index (χ0v) is 17.6. The molecule has 5 aromatic carbocycles. The molecule has 0 fully saturated rings. The number of phenols is 1. The van der Waals surface area contributed by atoms with Crippen LogP contribution < -0.4 is 0 Å². The van der Waals surface area contributed by atoms with Gasteiger partial charge in [-0.1, -0.05) is 66.7 Å². The van der Waals surface area contributed by atoms with Gasteiger partial charge in [0.25, 0.3) is 0 Å². The molecule has 0 saturated heterocycles. The molecule has 0 amide bonds. The van der Waals surface area contributed by atoms with Crippen LogP contribution in [-0.2, 0) is 0 Å². The highest BCUT2D eigenvalue weighted by atomic mass is 32.1. The Hall–Kier alpha value is -4.02. The molecule has 32 heavy (non-hydrogen) atoms.